The fourth-order valence-electron chi connectivity index (χ4n) is 4.73. The number of pyridine rings is 1. The average molecular weight is 521 g/mol. The Morgan fingerprint density at radius 2 is 1.68 bits per heavy atom. The van der Waals surface area contributed by atoms with Crippen LogP contribution in [0, 0.1) is 0 Å². The molecule has 4 heterocycles. The molecule has 10 heteroatoms. The first-order valence-corrected chi connectivity index (χ1v) is 13.2. The molecule has 1 amide bonds. The fourth-order valence-corrected chi connectivity index (χ4v) is 4.73. The lowest BCUT2D eigenvalue weighted by Crippen LogP contribution is -2.46. The van der Waals surface area contributed by atoms with Gasteiger partial charge in [0, 0.05) is 24.3 Å². The molecule has 10 nitrogen and oxygen atoms in total. The number of amides is 1. The van der Waals surface area contributed by atoms with Gasteiger partial charge in [0.1, 0.15) is 11.4 Å². The highest BCUT2D eigenvalue weighted by atomic mass is 16.6. The normalized spacial score (nSPS) is 20.4. The van der Waals surface area contributed by atoms with Crippen molar-refractivity contribution in [1.29, 1.82) is 0 Å². The third-order valence-electron chi connectivity index (χ3n) is 6.60. The molecule has 1 aromatic carbocycles. The Hall–Kier alpha value is -3.50. The van der Waals surface area contributed by atoms with Gasteiger partial charge >= 0.3 is 6.09 Å². The standard InChI is InChI=1S/C28H36N6O4/c1-18-16-36-13-11-33(18)25-22-9-10-23(20-7-6-8-21(15-20)29-27(35)38-28(3,4)5)30-24(22)31-26(32-25)34-12-14-37-17-19(34)2/h6-10,15,18-19H,11-14,16-17H2,1-5H3,(H,29,35). The van der Waals surface area contributed by atoms with E-state index in [2.05, 4.69) is 29.0 Å². The third-order valence-corrected chi connectivity index (χ3v) is 6.60. The summed E-state index contributed by atoms with van der Waals surface area (Å²) in [5, 5.41) is 3.71. The van der Waals surface area contributed by atoms with Crippen molar-refractivity contribution in [3.8, 4) is 11.3 Å². The van der Waals surface area contributed by atoms with Crippen molar-refractivity contribution in [2.75, 3.05) is 54.6 Å². The lowest BCUT2D eigenvalue weighted by Gasteiger charge is -2.37. The van der Waals surface area contributed by atoms with Crippen LogP contribution in [0.4, 0.5) is 22.2 Å². The van der Waals surface area contributed by atoms with E-state index in [1.165, 1.54) is 0 Å². The van der Waals surface area contributed by atoms with E-state index in [0.29, 0.717) is 43.7 Å². The van der Waals surface area contributed by atoms with Crippen LogP contribution in [0.25, 0.3) is 22.3 Å². The summed E-state index contributed by atoms with van der Waals surface area (Å²) in [6.45, 7) is 13.8. The smallest absolute Gasteiger partial charge is 0.412 e. The molecule has 2 aliphatic heterocycles. The van der Waals surface area contributed by atoms with Gasteiger partial charge in [0.2, 0.25) is 5.95 Å². The number of nitrogens with zero attached hydrogens (tertiary/aromatic N) is 5. The lowest BCUT2D eigenvalue weighted by molar-refractivity contribution is 0.0636. The number of carbonyl (C=O) groups is 1. The second-order valence-corrected chi connectivity index (χ2v) is 10.9. The summed E-state index contributed by atoms with van der Waals surface area (Å²) < 4.78 is 16.7. The molecule has 2 aliphatic rings. The van der Waals surface area contributed by atoms with Gasteiger partial charge in [0.25, 0.3) is 0 Å². The monoisotopic (exact) mass is 520 g/mol. The zero-order chi connectivity index (χ0) is 26.9. The van der Waals surface area contributed by atoms with Gasteiger partial charge in [-0.15, -0.1) is 0 Å². The van der Waals surface area contributed by atoms with Crippen molar-refractivity contribution in [2.24, 2.45) is 0 Å². The van der Waals surface area contributed by atoms with Gasteiger partial charge in [-0.1, -0.05) is 12.1 Å². The number of aromatic nitrogens is 3. The Bertz CT molecular complexity index is 1310. The van der Waals surface area contributed by atoms with Gasteiger partial charge in [-0.3, -0.25) is 5.32 Å². The molecular weight excluding hydrogens is 484 g/mol. The highest BCUT2D eigenvalue weighted by Crippen LogP contribution is 2.31. The minimum absolute atomic E-state index is 0.162. The Morgan fingerprint density at radius 3 is 2.37 bits per heavy atom. The molecule has 2 atom stereocenters. The SMILES string of the molecule is CC1COCCN1c1nc(N2CCOCC2C)c2ccc(-c3cccc(NC(=O)OC(C)(C)C)c3)nc2n1. The van der Waals surface area contributed by atoms with E-state index in [4.69, 9.17) is 29.2 Å². The molecule has 2 unspecified atom stereocenters. The van der Waals surface area contributed by atoms with Crippen LogP contribution in [0.1, 0.15) is 34.6 Å². The van der Waals surface area contributed by atoms with Gasteiger partial charge in [-0.25, -0.2) is 9.78 Å². The molecular formula is C28H36N6O4. The summed E-state index contributed by atoms with van der Waals surface area (Å²) in [7, 11) is 0. The molecule has 0 spiro atoms. The molecule has 3 aromatic rings. The molecule has 1 N–H and O–H groups in total. The Morgan fingerprint density at radius 1 is 0.974 bits per heavy atom. The number of ether oxygens (including phenoxy) is 3. The summed E-state index contributed by atoms with van der Waals surface area (Å²) >= 11 is 0. The third kappa shape index (κ3) is 5.81. The molecule has 2 fully saturated rings. The highest BCUT2D eigenvalue weighted by Gasteiger charge is 2.27. The number of nitrogens with one attached hydrogen (secondary N) is 1. The number of benzene rings is 1. The van der Waals surface area contributed by atoms with Crippen LogP contribution in [0.5, 0.6) is 0 Å². The fraction of sp³-hybridized carbons (Fsp3) is 0.500. The minimum Gasteiger partial charge on any atom is -0.444 e. The van der Waals surface area contributed by atoms with E-state index >= 15 is 0 Å². The van der Waals surface area contributed by atoms with Crippen molar-refractivity contribution < 1.29 is 19.0 Å². The first-order chi connectivity index (χ1) is 18.2. The molecule has 2 aromatic heterocycles. The molecule has 5 rings (SSSR count). The van der Waals surface area contributed by atoms with Crippen LogP contribution in [0.2, 0.25) is 0 Å². The second-order valence-electron chi connectivity index (χ2n) is 10.9. The van der Waals surface area contributed by atoms with Crippen molar-refractivity contribution in [3.63, 3.8) is 0 Å². The summed E-state index contributed by atoms with van der Waals surface area (Å²) in [4.78, 5) is 31.7. The first kappa shape index (κ1) is 26.1. The van der Waals surface area contributed by atoms with E-state index in [9.17, 15) is 4.79 Å². The van der Waals surface area contributed by atoms with Crippen molar-refractivity contribution in [3.05, 3.63) is 36.4 Å². The van der Waals surface area contributed by atoms with Crippen LogP contribution in [-0.2, 0) is 14.2 Å². The topological polar surface area (TPSA) is 102 Å². The molecule has 202 valence electrons. The number of anilines is 3. The zero-order valence-electron chi connectivity index (χ0n) is 22.7. The average Bonchev–Trinajstić information content (AvgIpc) is 2.87. The molecule has 0 aliphatic carbocycles. The van der Waals surface area contributed by atoms with Gasteiger partial charge < -0.3 is 24.0 Å². The number of fused-ring (bicyclic) bond motifs is 1. The van der Waals surface area contributed by atoms with Crippen LogP contribution in [-0.4, -0.2) is 78.2 Å². The summed E-state index contributed by atoms with van der Waals surface area (Å²) in [6.07, 6.45) is -0.498. The summed E-state index contributed by atoms with van der Waals surface area (Å²) in [5.74, 6) is 1.53. The van der Waals surface area contributed by atoms with Crippen molar-refractivity contribution in [1.82, 2.24) is 15.0 Å². The van der Waals surface area contributed by atoms with E-state index in [1.54, 1.807) is 0 Å². The predicted molar refractivity (Wildman–Crippen MR) is 148 cm³/mol. The maximum absolute atomic E-state index is 12.3. The highest BCUT2D eigenvalue weighted by molar-refractivity contribution is 5.91. The van der Waals surface area contributed by atoms with Crippen LogP contribution in [0.15, 0.2) is 36.4 Å². The molecule has 0 saturated carbocycles. The van der Waals surface area contributed by atoms with Crippen LogP contribution >= 0.6 is 0 Å². The maximum atomic E-state index is 12.3. The number of carbonyl (C=O) groups excluding carboxylic acids is 1. The van der Waals surface area contributed by atoms with Crippen LogP contribution < -0.4 is 15.1 Å². The maximum Gasteiger partial charge on any atom is 0.412 e. The predicted octanol–water partition coefficient (Wildman–Crippen LogP) is 4.49. The van der Waals surface area contributed by atoms with E-state index in [1.807, 2.05) is 57.2 Å². The van der Waals surface area contributed by atoms with Gasteiger partial charge in [-0.05, 0) is 58.9 Å². The Kier molecular flexibility index (Phi) is 7.36. The minimum atomic E-state index is -0.577. The second kappa shape index (κ2) is 10.7. The van der Waals surface area contributed by atoms with E-state index in [-0.39, 0.29) is 12.1 Å². The van der Waals surface area contributed by atoms with Gasteiger partial charge in [0.15, 0.2) is 5.65 Å². The summed E-state index contributed by atoms with van der Waals surface area (Å²) in [5.41, 5.74) is 2.30. The number of hydrogen-bond donors (Lipinski definition) is 1. The lowest BCUT2D eigenvalue weighted by atomic mass is 10.1. The van der Waals surface area contributed by atoms with E-state index < -0.39 is 11.7 Å². The van der Waals surface area contributed by atoms with Gasteiger partial charge in [-0.2, -0.15) is 9.97 Å². The van der Waals surface area contributed by atoms with Crippen molar-refractivity contribution >= 4 is 34.6 Å². The Labute approximate surface area is 223 Å². The van der Waals surface area contributed by atoms with Crippen LogP contribution in [0.3, 0.4) is 0 Å². The number of morpholine rings is 2. The Balaban J connectivity index is 1.53. The molecule has 0 bridgehead atoms. The first-order valence-electron chi connectivity index (χ1n) is 13.2. The summed E-state index contributed by atoms with van der Waals surface area (Å²) in [6, 6.07) is 11.9. The molecule has 0 radical (unpaired) electrons. The zero-order valence-corrected chi connectivity index (χ0v) is 22.7. The largest absolute Gasteiger partial charge is 0.444 e. The van der Waals surface area contributed by atoms with E-state index in [0.717, 1.165) is 35.6 Å². The number of rotatable bonds is 4. The quantitative estimate of drug-likeness (QED) is 0.533. The van der Waals surface area contributed by atoms with Crippen molar-refractivity contribution in [2.45, 2.75) is 52.3 Å². The molecule has 38 heavy (non-hydrogen) atoms. The number of hydrogen-bond acceptors (Lipinski definition) is 9. The molecule has 2 saturated heterocycles. The van der Waals surface area contributed by atoms with Gasteiger partial charge in [0.05, 0.1) is 49.6 Å².